The summed E-state index contributed by atoms with van der Waals surface area (Å²) >= 11 is 0. The number of nitrogens with zero attached hydrogens (tertiary/aromatic N) is 1. The summed E-state index contributed by atoms with van der Waals surface area (Å²) in [6.07, 6.45) is 2.64. The van der Waals surface area contributed by atoms with Crippen molar-refractivity contribution in [2.45, 2.75) is 27.2 Å². The van der Waals surface area contributed by atoms with Crippen molar-refractivity contribution in [2.24, 2.45) is 5.92 Å². The first-order chi connectivity index (χ1) is 10.6. The molecular weight excluding hydrogens is 274 g/mol. The Hall–Kier alpha value is -2.36. The molecule has 1 heterocycles. The van der Waals surface area contributed by atoms with Crippen LogP contribution >= 0.6 is 0 Å². The molecule has 0 aliphatic carbocycles. The molecule has 2 N–H and O–H groups in total. The molecule has 0 aliphatic heterocycles. The van der Waals surface area contributed by atoms with Gasteiger partial charge in [0.25, 0.3) is 5.91 Å². The van der Waals surface area contributed by atoms with Crippen LogP contribution in [0.5, 0.6) is 0 Å². The van der Waals surface area contributed by atoms with Gasteiger partial charge in [0.15, 0.2) is 0 Å². The van der Waals surface area contributed by atoms with Gasteiger partial charge < -0.3 is 10.6 Å². The van der Waals surface area contributed by atoms with Gasteiger partial charge in [-0.2, -0.15) is 0 Å². The van der Waals surface area contributed by atoms with Crippen LogP contribution in [-0.2, 0) is 6.42 Å². The Bertz CT molecular complexity index is 620. The monoisotopic (exact) mass is 297 g/mol. The van der Waals surface area contributed by atoms with Crippen molar-refractivity contribution in [2.75, 3.05) is 17.2 Å². The average molecular weight is 297 g/mol. The molecule has 0 saturated carbocycles. The van der Waals surface area contributed by atoms with Crippen molar-refractivity contribution in [3.8, 4) is 0 Å². The average Bonchev–Trinajstić information content (AvgIpc) is 2.54. The van der Waals surface area contributed by atoms with E-state index in [4.69, 9.17) is 0 Å². The number of rotatable bonds is 6. The Morgan fingerprint density at radius 1 is 1.14 bits per heavy atom. The van der Waals surface area contributed by atoms with E-state index in [0.29, 0.717) is 11.6 Å². The molecule has 2 aromatic rings. The number of hydrogen-bond donors (Lipinski definition) is 2. The van der Waals surface area contributed by atoms with E-state index in [9.17, 15) is 4.79 Å². The van der Waals surface area contributed by atoms with Crippen LogP contribution in [-0.4, -0.2) is 17.4 Å². The predicted molar refractivity (Wildman–Crippen MR) is 91.3 cm³/mol. The zero-order valence-electron chi connectivity index (χ0n) is 13.4. The Kier molecular flexibility index (Phi) is 5.53. The molecule has 4 nitrogen and oxygen atoms in total. The van der Waals surface area contributed by atoms with Crippen molar-refractivity contribution in [3.05, 3.63) is 53.9 Å². The number of pyridine rings is 1. The molecule has 1 aromatic carbocycles. The van der Waals surface area contributed by atoms with Crippen LogP contribution in [0.2, 0.25) is 0 Å². The van der Waals surface area contributed by atoms with Crippen molar-refractivity contribution in [1.82, 2.24) is 4.98 Å². The highest BCUT2D eigenvalue weighted by molar-refractivity contribution is 6.03. The second-order valence-corrected chi connectivity index (χ2v) is 5.71. The van der Waals surface area contributed by atoms with Crippen LogP contribution in [0.25, 0.3) is 0 Å². The number of benzene rings is 1. The summed E-state index contributed by atoms with van der Waals surface area (Å²) in [5.41, 5.74) is 3.35. The lowest BCUT2D eigenvalue weighted by Gasteiger charge is -2.10. The highest BCUT2D eigenvalue weighted by Crippen LogP contribution is 2.13. The molecule has 0 atom stereocenters. The lowest BCUT2D eigenvalue weighted by molar-refractivity contribution is 0.102. The normalized spacial score (nSPS) is 10.5. The molecule has 1 aromatic heterocycles. The largest absolute Gasteiger partial charge is 0.385 e. The maximum absolute atomic E-state index is 12.3. The van der Waals surface area contributed by atoms with Crippen LogP contribution in [0.3, 0.4) is 0 Å². The third kappa shape index (κ3) is 4.58. The van der Waals surface area contributed by atoms with Gasteiger partial charge in [-0.3, -0.25) is 9.78 Å². The molecule has 2 rings (SSSR count). The van der Waals surface area contributed by atoms with E-state index in [-0.39, 0.29) is 5.91 Å². The van der Waals surface area contributed by atoms with Crippen molar-refractivity contribution in [3.63, 3.8) is 0 Å². The number of hydrogen-bond acceptors (Lipinski definition) is 3. The predicted octanol–water partition coefficient (Wildman–Crippen LogP) is 3.96. The number of carbonyl (C=O) groups excluding carboxylic acids is 1. The van der Waals surface area contributed by atoms with Crippen LogP contribution in [0, 0.1) is 5.92 Å². The number of amides is 1. The van der Waals surface area contributed by atoms with Gasteiger partial charge in [-0.1, -0.05) is 32.9 Å². The van der Waals surface area contributed by atoms with E-state index >= 15 is 0 Å². The van der Waals surface area contributed by atoms with Crippen molar-refractivity contribution < 1.29 is 4.79 Å². The lowest BCUT2D eigenvalue weighted by atomic mass is 10.1. The van der Waals surface area contributed by atoms with Gasteiger partial charge >= 0.3 is 0 Å². The summed E-state index contributed by atoms with van der Waals surface area (Å²) in [5, 5.41) is 6.17. The quantitative estimate of drug-likeness (QED) is 0.848. The first-order valence-electron chi connectivity index (χ1n) is 7.68. The fourth-order valence-corrected chi connectivity index (χ4v) is 2.01. The van der Waals surface area contributed by atoms with E-state index < -0.39 is 0 Å². The number of carbonyl (C=O) groups is 1. The zero-order chi connectivity index (χ0) is 15.9. The lowest BCUT2D eigenvalue weighted by Crippen LogP contribution is -2.14. The van der Waals surface area contributed by atoms with Gasteiger partial charge in [-0.15, -0.1) is 0 Å². The van der Waals surface area contributed by atoms with Crippen LogP contribution in [0.1, 0.15) is 36.8 Å². The summed E-state index contributed by atoms with van der Waals surface area (Å²) in [4.78, 5) is 16.4. The first kappa shape index (κ1) is 16.0. The zero-order valence-corrected chi connectivity index (χ0v) is 13.4. The molecule has 0 bridgehead atoms. The van der Waals surface area contributed by atoms with E-state index in [0.717, 1.165) is 24.3 Å². The Balaban J connectivity index is 2.03. The van der Waals surface area contributed by atoms with Gasteiger partial charge in [0.1, 0.15) is 5.69 Å². The van der Waals surface area contributed by atoms with Gasteiger partial charge in [0.2, 0.25) is 0 Å². The summed E-state index contributed by atoms with van der Waals surface area (Å²) in [6, 6.07) is 11.5. The molecule has 0 saturated heterocycles. The highest BCUT2D eigenvalue weighted by atomic mass is 16.1. The Morgan fingerprint density at radius 2 is 1.86 bits per heavy atom. The summed E-state index contributed by atoms with van der Waals surface area (Å²) < 4.78 is 0. The Morgan fingerprint density at radius 3 is 2.50 bits per heavy atom. The molecule has 0 radical (unpaired) electrons. The molecule has 116 valence electrons. The molecule has 0 aliphatic rings. The van der Waals surface area contributed by atoms with Gasteiger partial charge in [-0.25, -0.2) is 0 Å². The third-order valence-corrected chi connectivity index (χ3v) is 3.33. The SMILES string of the molecule is CCc1ccc(NC(=O)c2cc(NCC(C)C)ccn2)cc1. The molecule has 0 spiro atoms. The van der Waals surface area contributed by atoms with Crippen molar-refractivity contribution in [1.29, 1.82) is 0 Å². The van der Waals surface area contributed by atoms with Gasteiger partial charge in [0, 0.05) is 24.1 Å². The summed E-state index contributed by atoms with van der Waals surface area (Å²) in [6.45, 7) is 7.25. The molecule has 0 fully saturated rings. The molecule has 0 unspecified atom stereocenters. The molecule has 4 heteroatoms. The van der Waals surface area contributed by atoms with E-state index in [1.165, 1.54) is 5.56 Å². The number of nitrogens with one attached hydrogen (secondary N) is 2. The number of anilines is 2. The molecule has 22 heavy (non-hydrogen) atoms. The minimum atomic E-state index is -0.197. The first-order valence-corrected chi connectivity index (χ1v) is 7.68. The third-order valence-electron chi connectivity index (χ3n) is 3.33. The Labute approximate surface area is 132 Å². The molecular formula is C18H23N3O. The highest BCUT2D eigenvalue weighted by Gasteiger charge is 2.08. The van der Waals surface area contributed by atoms with Crippen molar-refractivity contribution >= 4 is 17.3 Å². The van der Waals surface area contributed by atoms with E-state index in [1.54, 1.807) is 12.3 Å². The number of aryl methyl sites for hydroxylation is 1. The summed E-state index contributed by atoms with van der Waals surface area (Å²) in [5.74, 6) is 0.347. The minimum absolute atomic E-state index is 0.197. The second-order valence-electron chi connectivity index (χ2n) is 5.71. The fraction of sp³-hybridized carbons (Fsp3) is 0.333. The minimum Gasteiger partial charge on any atom is -0.385 e. The maximum atomic E-state index is 12.3. The fourth-order valence-electron chi connectivity index (χ4n) is 2.01. The summed E-state index contributed by atoms with van der Waals surface area (Å²) in [7, 11) is 0. The van der Waals surface area contributed by atoms with Gasteiger partial charge in [0.05, 0.1) is 0 Å². The van der Waals surface area contributed by atoms with Crippen LogP contribution in [0.4, 0.5) is 11.4 Å². The van der Waals surface area contributed by atoms with E-state index in [2.05, 4.69) is 36.4 Å². The standard InChI is InChI=1S/C18H23N3O/c1-4-14-5-7-15(8-6-14)21-18(22)17-11-16(9-10-19-17)20-12-13(2)3/h5-11,13H,4,12H2,1-3H3,(H,19,20)(H,21,22). The smallest absolute Gasteiger partial charge is 0.274 e. The maximum Gasteiger partial charge on any atom is 0.274 e. The number of aromatic nitrogens is 1. The van der Waals surface area contributed by atoms with Crippen LogP contribution < -0.4 is 10.6 Å². The van der Waals surface area contributed by atoms with Gasteiger partial charge in [-0.05, 0) is 42.2 Å². The van der Waals surface area contributed by atoms with Crippen LogP contribution in [0.15, 0.2) is 42.6 Å². The van der Waals surface area contributed by atoms with E-state index in [1.807, 2.05) is 30.3 Å². The molecule has 1 amide bonds. The second kappa shape index (κ2) is 7.59. The topological polar surface area (TPSA) is 54.0 Å².